The van der Waals surface area contributed by atoms with E-state index in [1.165, 1.54) is 13.0 Å². The number of nitrogens with two attached hydrogens (primary N) is 1. The summed E-state index contributed by atoms with van der Waals surface area (Å²) in [5, 5.41) is 19.1. The van der Waals surface area contributed by atoms with E-state index >= 15 is 0 Å². The van der Waals surface area contributed by atoms with Gasteiger partial charge in [-0.2, -0.15) is 5.26 Å². The third-order valence-electron chi connectivity index (χ3n) is 3.06. The molecule has 0 aromatic rings. The van der Waals surface area contributed by atoms with Gasteiger partial charge in [0, 0.05) is 11.6 Å². The predicted molar refractivity (Wildman–Crippen MR) is 63.2 cm³/mol. The van der Waals surface area contributed by atoms with Crippen molar-refractivity contribution in [3.8, 4) is 17.9 Å². The van der Waals surface area contributed by atoms with Gasteiger partial charge in [0.25, 0.3) is 0 Å². The molecule has 0 aliphatic heterocycles. The number of nitrogens with zero attached hydrogens (tertiary/aromatic N) is 1. The monoisotopic (exact) mass is 232 g/mol. The van der Waals surface area contributed by atoms with Crippen molar-refractivity contribution < 1.29 is 9.90 Å². The Kier molecular flexibility index (Phi) is 3.60. The average molecular weight is 232 g/mol. The molecule has 0 bridgehead atoms. The maximum absolute atomic E-state index is 10.7. The maximum Gasteiger partial charge on any atom is 0.242 e. The lowest BCUT2D eigenvalue weighted by molar-refractivity contribution is -0.113. The number of carbonyl (C=O) groups excluding carboxylic acids is 1. The normalized spacial score (nSPS) is 20.5. The number of rotatable bonds is 3. The lowest BCUT2D eigenvalue weighted by Crippen LogP contribution is -2.33. The number of carbonyl (C=O) groups is 1. The molecule has 3 N–H and O–H groups in total. The fraction of sp³-hybridized carbons (Fsp3) is 0.538. The summed E-state index contributed by atoms with van der Waals surface area (Å²) >= 11 is 0. The number of nitriles is 1. The summed E-state index contributed by atoms with van der Waals surface area (Å²) in [5.41, 5.74) is 3.51. The van der Waals surface area contributed by atoms with E-state index in [4.69, 9.17) is 11.0 Å². The van der Waals surface area contributed by atoms with Crippen LogP contribution in [0.15, 0.2) is 11.6 Å². The van der Waals surface area contributed by atoms with Crippen molar-refractivity contribution in [2.45, 2.75) is 38.7 Å². The third-order valence-corrected chi connectivity index (χ3v) is 3.06. The first-order chi connectivity index (χ1) is 7.87. The molecule has 4 heteroatoms. The highest BCUT2D eigenvalue weighted by Gasteiger charge is 2.56. The zero-order valence-electron chi connectivity index (χ0n) is 10.1. The van der Waals surface area contributed by atoms with Crippen LogP contribution < -0.4 is 5.73 Å². The zero-order valence-corrected chi connectivity index (χ0v) is 10.1. The van der Waals surface area contributed by atoms with E-state index in [-0.39, 0.29) is 0 Å². The number of hydrogen-bond donors (Lipinski definition) is 2. The van der Waals surface area contributed by atoms with Crippen molar-refractivity contribution >= 4 is 5.91 Å². The van der Waals surface area contributed by atoms with Crippen LogP contribution >= 0.6 is 0 Å². The van der Waals surface area contributed by atoms with Gasteiger partial charge in [0.1, 0.15) is 5.60 Å². The molecule has 0 saturated heterocycles. The summed E-state index contributed by atoms with van der Waals surface area (Å²) in [6.07, 6.45) is 3.12. The first-order valence-electron chi connectivity index (χ1n) is 5.54. The van der Waals surface area contributed by atoms with Gasteiger partial charge in [-0.3, -0.25) is 4.79 Å². The summed E-state index contributed by atoms with van der Waals surface area (Å²) in [4.78, 5) is 10.7. The first kappa shape index (κ1) is 13.3. The Bertz CT molecular complexity index is 454. The lowest BCUT2D eigenvalue weighted by Gasteiger charge is -2.21. The average Bonchev–Trinajstić information content (AvgIpc) is 3.04. The summed E-state index contributed by atoms with van der Waals surface area (Å²) in [6.45, 7) is 3.38. The highest BCUT2D eigenvalue weighted by Crippen LogP contribution is 2.53. The number of primary amides is 1. The SMILES string of the molecule is CC/C(C#C[C@](C)(O)C1(C#N)CC1)=C\C(N)=O. The molecule has 1 atom stereocenters. The van der Waals surface area contributed by atoms with Crippen molar-refractivity contribution in [3.05, 3.63) is 11.6 Å². The van der Waals surface area contributed by atoms with Gasteiger partial charge in [-0.1, -0.05) is 18.8 Å². The molecule has 1 aliphatic carbocycles. The first-order valence-corrected chi connectivity index (χ1v) is 5.54. The predicted octanol–water partition coefficient (Wildman–Crippen LogP) is 0.866. The van der Waals surface area contributed by atoms with Gasteiger partial charge in [0.2, 0.25) is 5.91 Å². The van der Waals surface area contributed by atoms with Crippen LogP contribution in [0.2, 0.25) is 0 Å². The fourth-order valence-corrected chi connectivity index (χ4v) is 1.55. The molecule has 0 radical (unpaired) electrons. The van der Waals surface area contributed by atoms with E-state index in [0.717, 1.165) is 0 Å². The van der Waals surface area contributed by atoms with Crippen LogP contribution in [0.5, 0.6) is 0 Å². The Morgan fingerprint density at radius 2 is 2.24 bits per heavy atom. The molecule has 1 saturated carbocycles. The van der Waals surface area contributed by atoms with Crippen molar-refractivity contribution in [2.24, 2.45) is 11.1 Å². The molecule has 90 valence electrons. The van der Waals surface area contributed by atoms with Gasteiger partial charge in [-0.25, -0.2) is 0 Å². The largest absolute Gasteiger partial charge is 0.376 e. The quantitative estimate of drug-likeness (QED) is 0.559. The Morgan fingerprint density at radius 1 is 1.65 bits per heavy atom. The molecule has 0 aromatic heterocycles. The van der Waals surface area contributed by atoms with Gasteiger partial charge in [0.05, 0.1) is 11.5 Å². The third kappa shape index (κ3) is 2.87. The molecule has 1 rings (SSSR count). The summed E-state index contributed by atoms with van der Waals surface area (Å²) < 4.78 is 0. The van der Waals surface area contributed by atoms with Gasteiger partial charge in [-0.05, 0) is 26.2 Å². The minimum Gasteiger partial charge on any atom is -0.376 e. The summed E-state index contributed by atoms with van der Waals surface area (Å²) in [5.74, 6) is 4.85. The van der Waals surface area contributed by atoms with Crippen molar-refractivity contribution in [2.75, 3.05) is 0 Å². The molecule has 1 fully saturated rings. The molecule has 0 aromatic carbocycles. The van der Waals surface area contributed by atoms with Crippen LogP contribution in [0, 0.1) is 28.6 Å². The second-order valence-corrected chi connectivity index (χ2v) is 4.44. The zero-order chi connectivity index (χ0) is 13.1. The lowest BCUT2D eigenvalue weighted by atomic mass is 9.87. The highest BCUT2D eigenvalue weighted by molar-refractivity contribution is 5.87. The molecular weight excluding hydrogens is 216 g/mol. The minimum atomic E-state index is -1.34. The number of hydrogen-bond acceptors (Lipinski definition) is 3. The van der Waals surface area contributed by atoms with Crippen LogP contribution in [0.1, 0.15) is 33.1 Å². The Labute approximate surface area is 101 Å². The highest BCUT2D eigenvalue weighted by atomic mass is 16.3. The van der Waals surface area contributed by atoms with E-state index in [0.29, 0.717) is 24.8 Å². The molecule has 1 aliphatic rings. The Morgan fingerprint density at radius 3 is 2.59 bits per heavy atom. The number of amides is 1. The van der Waals surface area contributed by atoms with Crippen molar-refractivity contribution in [3.63, 3.8) is 0 Å². The number of allylic oxidation sites excluding steroid dienone is 1. The van der Waals surface area contributed by atoms with E-state index in [1.807, 2.05) is 6.92 Å². The smallest absolute Gasteiger partial charge is 0.242 e. The molecule has 17 heavy (non-hydrogen) atoms. The molecule has 1 amide bonds. The molecule has 0 unspecified atom stereocenters. The molecule has 0 spiro atoms. The Balaban J connectivity index is 2.92. The van der Waals surface area contributed by atoms with Gasteiger partial charge >= 0.3 is 0 Å². The van der Waals surface area contributed by atoms with Crippen LogP contribution in [0.3, 0.4) is 0 Å². The van der Waals surface area contributed by atoms with Crippen LogP contribution in [0.4, 0.5) is 0 Å². The van der Waals surface area contributed by atoms with Gasteiger partial charge in [-0.15, -0.1) is 0 Å². The summed E-state index contributed by atoms with van der Waals surface area (Å²) in [6, 6.07) is 2.11. The molecule has 0 heterocycles. The maximum atomic E-state index is 10.7. The van der Waals surface area contributed by atoms with Crippen molar-refractivity contribution in [1.82, 2.24) is 0 Å². The molecule has 4 nitrogen and oxygen atoms in total. The van der Waals surface area contributed by atoms with Crippen LogP contribution in [-0.2, 0) is 4.79 Å². The van der Waals surface area contributed by atoms with Crippen LogP contribution in [-0.4, -0.2) is 16.6 Å². The minimum absolute atomic E-state index is 0.558. The second kappa shape index (κ2) is 4.61. The topological polar surface area (TPSA) is 87.1 Å². The van der Waals surface area contributed by atoms with E-state index in [9.17, 15) is 9.90 Å². The van der Waals surface area contributed by atoms with Crippen molar-refractivity contribution in [1.29, 1.82) is 5.26 Å². The van der Waals surface area contributed by atoms with E-state index in [1.54, 1.807) is 0 Å². The Hall–Kier alpha value is -1.78. The van der Waals surface area contributed by atoms with Crippen LogP contribution in [0.25, 0.3) is 0 Å². The second-order valence-electron chi connectivity index (χ2n) is 4.44. The molecular formula is C13H16N2O2. The van der Waals surface area contributed by atoms with E-state index < -0.39 is 16.9 Å². The van der Waals surface area contributed by atoms with Gasteiger partial charge in [0.15, 0.2) is 0 Å². The van der Waals surface area contributed by atoms with Gasteiger partial charge < -0.3 is 10.8 Å². The number of aliphatic hydroxyl groups is 1. The standard InChI is InChI=1S/C13H16N2O2/c1-3-10(8-11(15)16)4-5-12(2,17)13(9-14)6-7-13/h8,17H,3,6-7H2,1-2H3,(H2,15,16)/b10-8+/t12-/m0/s1. The summed E-state index contributed by atoms with van der Waals surface area (Å²) in [7, 11) is 0. The van der Waals surface area contributed by atoms with E-state index in [2.05, 4.69) is 17.9 Å². The fourth-order valence-electron chi connectivity index (χ4n) is 1.55.